The highest BCUT2D eigenvalue weighted by atomic mass is 15.2. The zero-order valence-electron chi connectivity index (χ0n) is 10.8. The minimum atomic E-state index is -0.807. The van der Waals surface area contributed by atoms with E-state index >= 15 is 0 Å². The lowest BCUT2D eigenvalue weighted by atomic mass is 10.1. The Labute approximate surface area is 69.2 Å². The Morgan fingerprint density at radius 3 is 2.20 bits per heavy atom. The third-order valence-electron chi connectivity index (χ3n) is 1.44. The maximum absolute atomic E-state index is 7.78. The predicted octanol–water partition coefficient (Wildman–Crippen LogP) is 0.690. The first kappa shape index (κ1) is 4.07. The second kappa shape index (κ2) is 2.89. The molecule has 4 atom stereocenters. The number of rotatable bonds is 0. The normalized spacial score (nSPS) is 58.3. The SMILES string of the molecule is [2H]C1NC([2H])C([2H])N(C(C)(C)C)C1[2H]. The first-order valence-electron chi connectivity index (χ1n) is 5.79. The summed E-state index contributed by atoms with van der Waals surface area (Å²) < 4.78 is 30.7. The molecule has 60 valence electrons. The number of hydrogen-bond donors (Lipinski definition) is 1. The van der Waals surface area contributed by atoms with Gasteiger partial charge in [0, 0.05) is 37.1 Å². The van der Waals surface area contributed by atoms with Crippen molar-refractivity contribution in [3.63, 3.8) is 0 Å². The Balaban J connectivity index is 2.88. The summed E-state index contributed by atoms with van der Waals surface area (Å²) >= 11 is 0. The second-order valence-corrected chi connectivity index (χ2v) is 3.38. The van der Waals surface area contributed by atoms with Crippen LogP contribution in [0.4, 0.5) is 0 Å². The highest BCUT2D eigenvalue weighted by molar-refractivity contribution is 4.79. The van der Waals surface area contributed by atoms with Crippen LogP contribution in [-0.2, 0) is 0 Å². The van der Waals surface area contributed by atoms with Gasteiger partial charge in [0.1, 0.15) is 0 Å². The van der Waals surface area contributed by atoms with Gasteiger partial charge in [0.15, 0.2) is 0 Å². The molecule has 1 aliphatic rings. The van der Waals surface area contributed by atoms with Gasteiger partial charge in [0.25, 0.3) is 0 Å². The van der Waals surface area contributed by atoms with Crippen LogP contribution in [0.2, 0.25) is 0 Å². The fourth-order valence-corrected chi connectivity index (χ4v) is 0.799. The van der Waals surface area contributed by atoms with Crippen molar-refractivity contribution in [2.75, 3.05) is 26.1 Å². The van der Waals surface area contributed by atoms with Crippen LogP contribution in [0, 0.1) is 0 Å². The standard InChI is InChI=1S/C8H18N2/c1-8(2,3)10-6-4-9-5-7-10/h9H,4-7H2,1-3H3/i4D,5D,6D,7D. The summed E-state index contributed by atoms with van der Waals surface area (Å²) in [6.45, 7) is 2.54. The minimum absolute atomic E-state index is 0.348. The van der Waals surface area contributed by atoms with Gasteiger partial charge in [0.2, 0.25) is 0 Å². The van der Waals surface area contributed by atoms with Gasteiger partial charge >= 0.3 is 0 Å². The molecule has 0 aliphatic carbocycles. The molecule has 4 unspecified atom stereocenters. The second-order valence-electron chi connectivity index (χ2n) is 3.38. The van der Waals surface area contributed by atoms with E-state index in [4.69, 9.17) is 5.48 Å². The van der Waals surface area contributed by atoms with Gasteiger partial charge in [-0.25, -0.2) is 0 Å². The molecule has 0 aromatic carbocycles. The molecule has 1 heterocycles. The summed E-state index contributed by atoms with van der Waals surface area (Å²) in [5.41, 5.74) is -0.348. The van der Waals surface area contributed by atoms with E-state index in [2.05, 4.69) is 5.32 Å². The van der Waals surface area contributed by atoms with E-state index in [-0.39, 0.29) is 5.54 Å². The summed E-state index contributed by atoms with van der Waals surface area (Å²) in [7, 11) is 0. The molecule has 1 N–H and O–H groups in total. The highest BCUT2D eigenvalue weighted by Gasteiger charge is 2.21. The van der Waals surface area contributed by atoms with Crippen molar-refractivity contribution in [2.45, 2.75) is 26.3 Å². The summed E-state index contributed by atoms with van der Waals surface area (Å²) in [6.07, 6.45) is 0. The van der Waals surface area contributed by atoms with Gasteiger partial charge in [0.05, 0.1) is 0 Å². The molecule has 10 heavy (non-hydrogen) atoms. The van der Waals surface area contributed by atoms with Gasteiger partial charge in [-0.05, 0) is 20.8 Å². The largest absolute Gasteiger partial charge is 0.314 e. The maximum atomic E-state index is 7.78. The average Bonchev–Trinajstić information content (AvgIpc) is 1.98. The smallest absolute Gasteiger partial charge is 0.0444 e. The van der Waals surface area contributed by atoms with Crippen LogP contribution in [0.25, 0.3) is 0 Å². The Morgan fingerprint density at radius 1 is 1.30 bits per heavy atom. The molecule has 0 bridgehead atoms. The molecule has 2 nitrogen and oxygen atoms in total. The number of hydrogen-bond acceptors (Lipinski definition) is 2. The van der Waals surface area contributed by atoms with Crippen molar-refractivity contribution in [3.05, 3.63) is 0 Å². The van der Waals surface area contributed by atoms with Crippen LogP contribution in [0.5, 0.6) is 0 Å². The zero-order valence-corrected chi connectivity index (χ0v) is 6.76. The van der Waals surface area contributed by atoms with Crippen LogP contribution in [0.3, 0.4) is 0 Å². The van der Waals surface area contributed by atoms with Crippen molar-refractivity contribution >= 4 is 0 Å². The summed E-state index contributed by atoms with van der Waals surface area (Å²) in [5, 5.41) is 2.60. The van der Waals surface area contributed by atoms with E-state index in [1.54, 1.807) is 4.90 Å². The zero-order chi connectivity index (χ0) is 11.1. The van der Waals surface area contributed by atoms with Crippen LogP contribution in [0.15, 0.2) is 0 Å². The van der Waals surface area contributed by atoms with Crippen LogP contribution in [0.1, 0.15) is 26.3 Å². The molecule has 0 saturated carbocycles. The van der Waals surface area contributed by atoms with Gasteiger partial charge in [-0.3, -0.25) is 4.90 Å². The van der Waals surface area contributed by atoms with Gasteiger partial charge < -0.3 is 5.32 Å². The molecular weight excluding hydrogens is 124 g/mol. The molecule has 0 aromatic rings. The minimum Gasteiger partial charge on any atom is -0.314 e. The number of piperazine rings is 1. The first-order valence-corrected chi connectivity index (χ1v) is 3.48. The summed E-state index contributed by atoms with van der Waals surface area (Å²) in [5.74, 6) is 0. The van der Waals surface area contributed by atoms with Gasteiger partial charge in [-0.2, -0.15) is 0 Å². The molecular formula is C8H18N2. The summed E-state index contributed by atoms with van der Waals surface area (Å²) in [4.78, 5) is 1.60. The molecule has 2 heteroatoms. The van der Waals surface area contributed by atoms with Gasteiger partial charge in [-0.1, -0.05) is 0 Å². The number of nitrogens with zero attached hydrogens (tertiary/aromatic N) is 1. The van der Waals surface area contributed by atoms with Crippen molar-refractivity contribution in [3.8, 4) is 0 Å². The Morgan fingerprint density at radius 2 is 1.80 bits per heavy atom. The molecule has 0 aromatic heterocycles. The fourth-order valence-electron chi connectivity index (χ4n) is 0.799. The monoisotopic (exact) mass is 146 g/mol. The molecule has 1 saturated heterocycles. The molecule has 1 rings (SSSR count). The van der Waals surface area contributed by atoms with E-state index < -0.39 is 26.1 Å². The van der Waals surface area contributed by atoms with E-state index in [1.165, 1.54) is 0 Å². The predicted molar refractivity (Wildman–Crippen MR) is 44.2 cm³/mol. The Bertz CT molecular complexity index is 192. The molecule has 1 aliphatic heterocycles. The average molecular weight is 146 g/mol. The van der Waals surface area contributed by atoms with Crippen molar-refractivity contribution in [1.29, 1.82) is 0 Å². The summed E-state index contributed by atoms with van der Waals surface area (Å²) in [6, 6.07) is 0. The quantitative estimate of drug-likeness (QED) is 0.541. The lowest BCUT2D eigenvalue weighted by Crippen LogP contribution is -2.51. The topological polar surface area (TPSA) is 15.3 Å². The maximum Gasteiger partial charge on any atom is 0.0444 e. The van der Waals surface area contributed by atoms with Crippen LogP contribution >= 0.6 is 0 Å². The van der Waals surface area contributed by atoms with Gasteiger partial charge in [-0.15, -0.1) is 0 Å². The third kappa shape index (κ3) is 1.96. The lowest BCUT2D eigenvalue weighted by Gasteiger charge is -2.38. The van der Waals surface area contributed by atoms with E-state index in [0.717, 1.165) is 0 Å². The van der Waals surface area contributed by atoms with E-state index in [9.17, 15) is 0 Å². The van der Waals surface area contributed by atoms with Crippen molar-refractivity contribution in [1.82, 2.24) is 10.2 Å². The molecule has 0 amide bonds. The fraction of sp³-hybridized carbons (Fsp3) is 1.00. The first-order chi connectivity index (χ1) is 6.25. The van der Waals surface area contributed by atoms with Crippen LogP contribution in [-0.4, -0.2) is 36.5 Å². The molecule has 1 fully saturated rings. The Hall–Kier alpha value is -0.0800. The molecule has 0 spiro atoms. The highest BCUT2D eigenvalue weighted by Crippen LogP contribution is 2.12. The Kier molecular flexibility index (Phi) is 1.18. The van der Waals surface area contributed by atoms with Crippen LogP contribution < -0.4 is 5.32 Å². The van der Waals surface area contributed by atoms with E-state index in [0.29, 0.717) is 0 Å². The number of nitrogens with one attached hydrogen (secondary N) is 1. The third-order valence-corrected chi connectivity index (χ3v) is 1.44. The molecule has 0 radical (unpaired) electrons. The van der Waals surface area contributed by atoms with Crippen molar-refractivity contribution < 1.29 is 5.48 Å². The lowest BCUT2D eigenvalue weighted by molar-refractivity contribution is 0.119. The van der Waals surface area contributed by atoms with E-state index in [1.807, 2.05) is 20.8 Å². The van der Waals surface area contributed by atoms with Crippen molar-refractivity contribution in [2.24, 2.45) is 0 Å².